The van der Waals surface area contributed by atoms with Gasteiger partial charge in [0.05, 0.1) is 19.1 Å². The lowest BCUT2D eigenvalue weighted by Gasteiger charge is -2.29. The predicted molar refractivity (Wildman–Crippen MR) is 91.3 cm³/mol. The van der Waals surface area contributed by atoms with Gasteiger partial charge in [0.15, 0.2) is 0 Å². The third kappa shape index (κ3) is 3.85. The molecule has 1 aromatic rings. The molecular weight excluding hydrogens is 290 g/mol. The summed E-state index contributed by atoms with van der Waals surface area (Å²) in [5.74, 6) is 0.194. The van der Waals surface area contributed by atoms with Gasteiger partial charge in [-0.05, 0) is 30.5 Å². The first-order valence-corrected chi connectivity index (χ1v) is 8.57. The molecule has 1 amide bonds. The van der Waals surface area contributed by atoms with Crippen LogP contribution in [0.4, 0.5) is 5.69 Å². The number of rotatable bonds is 4. The largest absolute Gasteiger partial charge is 0.378 e. The van der Waals surface area contributed by atoms with Crippen LogP contribution in [0, 0.1) is 5.92 Å². The first-order chi connectivity index (χ1) is 11.1. The quantitative estimate of drug-likeness (QED) is 0.916. The SMILES string of the molecule is CN(Cc1ccc(N2CCOCC2)cc1)C(=O)[C@H]1CCC[C@@H]1N. The smallest absolute Gasteiger partial charge is 0.227 e. The molecule has 5 heteroatoms. The van der Waals surface area contributed by atoms with Gasteiger partial charge in [-0.2, -0.15) is 0 Å². The van der Waals surface area contributed by atoms with Gasteiger partial charge in [-0.15, -0.1) is 0 Å². The molecule has 1 heterocycles. The minimum absolute atomic E-state index is 0.00706. The van der Waals surface area contributed by atoms with Crippen LogP contribution in [0.25, 0.3) is 0 Å². The Morgan fingerprint density at radius 3 is 2.57 bits per heavy atom. The molecule has 2 fully saturated rings. The van der Waals surface area contributed by atoms with Crippen molar-refractivity contribution in [2.24, 2.45) is 11.7 Å². The molecule has 23 heavy (non-hydrogen) atoms. The maximum absolute atomic E-state index is 12.5. The first-order valence-electron chi connectivity index (χ1n) is 8.57. The third-order valence-corrected chi connectivity index (χ3v) is 5.00. The summed E-state index contributed by atoms with van der Waals surface area (Å²) in [7, 11) is 1.88. The van der Waals surface area contributed by atoms with Crippen molar-refractivity contribution in [2.45, 2.75) is 31.8 Å². The number of benzene rings is 1. The van der Waals surface area contributed by atoms with Gasteiger partial charge in [-0.25, -0.2) is 0 Å². The van der Waals surface area contributed by atoms with Crippen LogP contribution < -0.4 is 10.6 Å². The molecule has 0 radical (unpaired) electrons. The minimum atomic E-state index is 0.00706. The summed E-state index contributed by atoms with van der Waals surface area (Å²) in [6, 6.07) is 8.54. The number of ether oxygens (including phenoxy) is 1. The second-order valence-electron chi connectivity index (χ2n) is 6.66. The monoisotopic (exact) mass is 317 g/mol. The van der Waals surface area contributed by atoms with E-state index in [1.165, 1.54) is 5.69 Å². The van der Waals surface area contributed by atoms with E-state index >= 15 is 0 Å². The fourth-order valence-corrected chi connectivity index (χ4v) is 3.56. The number of nitrogens with two attached hydrogens (primary N) is 1. The van der Waals surface area contributed by atoms with Crippen molar-refractivity contribution >= 4 is 11.6 Å². The molecule has 1 aromatic carbocycles. The van der Waals surface area contributed by atoms with Crippen LogP contribution in [0.1, 0.15) is 24.8 Å². The van der Waals surface area contributed by atoms with Crippen LogP contribution in [-0.4, -0.2) is 50.2 Å². The Hall–Kier alpha value is -1.59. The van der Waals surface area contributed by atoms with Gasteiger partial charge in [-0.1, -0.05) is 18.6 Å². The number of morpholine rings is 1. The van der Waals surface area contributed by atoms with Gasteiger partial charge >= 0.3 is 0 Å². The summed E-state index contributed by atoms with van der Waals surface area (Å²) in [5.41, 5.74) is 8.43. The molecule has 2 aliphatic rings. The zero-order valence-corrected chi connectivity index (χ0v) is 13.9. The van der Waals surface area contributed by atoms with Crippen LogP contribution in [0.2, 0.25) is 0 Å². The molecule has 0 aromatic heterocycles. The average molecular weight is 317 g/mol. The highest BCUT2D eigenvalue weighted by molar-refractivity contribution is 5.79. The highest BCUT2D eigenvalue weighted by Gasteiger charge is 2.32. The fourth-order valence-electron chi connectivity index (χ4n) is 3.56. The maximum atomic E-state index is 12.5. The van der Waals surface area contributed by atoms with E-state index in [0.717, 1.165) is 51.1 Å². The molecule has 0 unspecified atom stereocenters. The lowest BCUT2D eigenvalue weighted by molar-refractivity contribution is -0.134. The van der Waals surface area contributed by atoms with Crippen molar-refractivity contribution in [1.29, 1.82) is 0 Å². The summed E-state index contributed by atoms with van der Waals surface area (Å²) in [6.07, 6.45) is 2.97. The topological polar surface area (TPSA) is 58.8 Å². The van der Waals surface area contributed by atoms with Gasteiger partial charge < -0.3 is 20.3 Å². The van der Waals surface area contributed by atoms with Gasteiger partial charge in [0.2, 0.25) is 5.91 Å². The highest BCUT2D eigenvalue weighted by atomic mass is 16.5. The fraction of sp³-hybridized carbons (Fsp3) is 0.611. The maximum Gasteiger partial charge on any atom is 0.227 e. The van der Waals surface area contributed by atoms with Crippen molar-refractivity contribution < 1.29 is 9.53 Å². The van der Waals surface area contributed by atoms with Crippen molar-refractivity contribution in [2.75, 3.05) is 38.3 Å². The van der Waals surface area contributed by atoms with E-state index in [0.29, 0.717) is 6.54 Å². The minimum Gasteiger partial charge on any atom is -0.378 e. The first kappa shape index (κ1) is 16.3. The van der Waals surface area contributed by atoms with E-state index < -0.39 is 0 Å². The van der Waals surface area contributed by atoms with Gasteiger partial charge in [0, 0.05) is 38.4 Å². The van der Waals surface area contributed by atoms with Crippen LogP contribution in [0.15, 0.2) is 24.3 Å². The number of amides is 1. The zero-order valence-electron chi connectivity index (χ0n) is 13.9. The van der Waals surface area contributed by atoms with Crippen LogP contribution >= 0.6 is 0 Å². The Morgan fingerprint density at radius 1 is 1.26 bits per heavy atom. The lowest BCUT2D eigenvalue weighted by atomic mass is 10.0. The van der Waals surface area contributed by atoms with E-state index in [1.54, 1.807) is 0 Å². The third-order valence-electron chi connectivity index (χ3n) is 5.00. The number of anilines is 1. The second-order valence-corrected chi connectivity index (χ2v) is 6.66. The van der Waals surface area contributed by atoms with E-state index in [9.17, 15) is 4.79 Å². The zero-order chi connectivity index (χ0) is 16.2. The summed E-state index contributed by atoms with van der Waals surface area (Å²) < 4.78 is 5.39. The van der Waals surface area contributed by atoms with E-state index in [2.05, 4.69) is 29.2 Å². The molecule has 2 N–H and O–H groups in total. The Balaban J connectivity index is 1.58. The van der Waals surface area contributed by atoms with E-state index in [-0.39, 0.29) is 17.9 Å². The van der Waals surface area contributed by atoms with Crippen molar-refractivity contribution in [3.8, 4) is 0 Å². The molecule has 0 bridgehead atoms. The predicted octanol–water partition coefficient (Wildman–Crippen LogP) is 1.61. The lowest BCUT2D eigenvalue weighted by Crippen LogP contribution is -2.39. The molecule has 1 saturated carbocycles. The molecular formula is C18H27N3O2. The number of hydrogen-bond donors (Lipinski definition) is 1. The summed E-state index contributed by atoms with van der Waals surface area (Å²) in [5, 5.41) is 0. The molecule has 126 valence electrons. The van der Waals surface area contributed by atoms with Crippen molar-refractivity contribution in [1.82, 2.24) is 4.90 Å². The molecule has 0 spiro atoms. The normalized spacial score (nSPS) is 24.7. The second kappa shape index (κ2) is 7.32. The highest BCUT2D eigenvalue weighted by Crippen LogP contribution is 2.26. The number of nitrogens with zero attached hydrogens (tertiary/aromatic N) is 2. The Kier molecular flexibility index (Phi) is 5.18. The Labute approximate surface area is 138 Å². The standard InChI is InChI=1S/C18H27N3O2/c1-20(18(22)16-3-2-4-17(16)19)13-14-5-7-15(8-6-14)21-9-11-23-12-10-21/h5-8,16-17H,2-4,9-13,19H2,1H3/t16-,17-/m0/s1. The number of carbonyl (C=O) groups excluding carboxylic acids is 1. The van der Waals surface area contributed by atoms with E-state index in [4.69, 9.17) is 10.5 Å². The number of carbonyl (C=O) groups is 1. The summed E-state index contributed by atoms with van der Waals surface area (Å²) in [6.45, 7) is 4.11. The molecule has 3 rings (SSSR count). The van der Waals surface area contributed by atoms with Gasteiger partial charge in [0.25, 0.3) is 0 Å². The molecule has 5 nitrogen and oxygen atoms in total. The molecule has 1 aliphatic heterocycles. The summed E-state index contributed by atoms with van der Waals surface area (Å²) in [4.78, 5) is 16.7. The number of hydrogen-bond acceptors (Lipinski definition) is 4. The van der Waals surface area contributed by atoms with Crippen molar-refractivity contribution in [3.05, 3.63) is 29.8 Å². The van der Waals surface area contributed by atoms with Gasteiger partial charge in [-0.3, -0.25) is 4.79 Å². The van der Waals surface area contributed by atoms with Crippen LogP contribution in [0.5, 0.6) is 0 Å². The Morgan fingerprint density at radius 2 is 1.96 bits per heavy atom. The summed E-state index contributed by atoms with van der Waals surface area (Å²) >= 11 is 0. The Bertz CT molecular complexity index is 526. The van der Waals surface area contributed by atoms with Crippen LogP contribution in [0.3, 0.4) is 0 Å². The van der Waals surface area contributed by atoms with Crippen molar-refractivity contribution in [3.63, 3.8) is 0 Å². The van der Waals surface area contributed by atoms with Crippen LogP contribution in [-0.2, 0) is 16.1 Å². The van der Waals surface area contributed by atoms with Gasteiger partial charge in [0.1, 0.15) is 0 Å². The molecule has 1 saturated heterocycles. The molecule has 1 aliphatic carbocycles. The molecule has 2 atom stereocenters. The van der Waals surface area contributed by atoms with E-state index in [1.807, 2.05) is 11.9 Å². The average Bonchev–Trinajstić information content (AvgIpc) is 3.01.